The molecule has 1 aromatic carbocycles. The van der Waals surface area contributed by atoms with E-state index in [0.717, 1.165) is 46.5 Å². The maximum Gasteiger partial charge on any atom is 0.258 e. The van der Waals surface area contributed by atoms with Gasteiger partial charge < -0.3 is 10.3 Å². The number of fused-ring (bicyclic) bond motifs is 2. The molecule has 1 aliphatic carbocycles. The van der Waals surface area contributed by atoms with E-state index in [1.165, 1.54) is 18.4 Å². The first-order chi connectivity index (χ1) is 13.6. The Morgan fingerprint density at radius 1 is 1.14 bits per heavy atom. The van der Waals surface area contributed by atoms with Crippen molar-refractivity contribution in [2.75, 3.05) is 5.32 Å². The van der Waals surface area contributed by atoms with E-state index in [-0.39, 0.29) is 5.56 Å². The second kappa shape index (κ2) is 6.51. The van der Waals surface area contributed by atoms with Gasteiger partial charge in [0.2, 0.25) is 0 Å². The van der Waals surface area contributed by atoms with Crippen LogP contribution in [-0.2, 0) is 0 Å². The van der Waals surface area contributed by atoms with Crippen LogP contribution in [0.3, 0.4) is 0 Å². The number of aromatic amines is 1. The Kier molecular flexibility index (Phi) is 3.97. The molecule has 1 aliphatic rings. The van der Waals surface area contributed by atoms with Crippen molar-refractivity contribution in [1.29, 1.82) is 0 Å². The number of H-pyrrole nitrogens is 1. The summed E-state index contributed by atoms with van der Waals surface area (Å²) < 4.78 is 2.09. The highest BCUT2D eigenvalue weighted by atomic mass is 16.1. The largest absolute Gasteiger partial charge is 0.367 e. The Balaban J connectivity index is 1.75. The zero-order chi connectivity index (χ0) is 19.3. The lowest BCUT2D eigenvalue weighted by Crippen LogP contribution is -2.17. The molecular weight excluding hydrogens is 348 g/mol. The van der Waals surface area contributed by atoms with Crippen LogP contribution >= 0.6 is 0 Å². The molecule has 0 saturated heterocycles. The number of imidazole rings is 1. The fraction of sp³-hybridized carbons (Fsp3) is 0.304. The number of benzene rings is 1. The van der Waals surface area contributed by atoms with Gasteiger partial charge >= 0.3 is 0 Å². The standard InChI is InChI=1S/C23H24N4O/c1-14-9-10-19-16(12-14)13-18(23(28)25-19)20-22(24-17-7-3-4-8-17)27-11-5-6-15(2)21(27)26-20/h5-6,9-13,17,24H,3-4,7-8H2,1-2H3,(H,25,28). The molecule has 0 amide bonds. The van der Waals surface area contributed by atoms with Gasteiger partial charge in [0.05, 0.1) is 5.56 Å². The smallest absolute Gasteiger partial charge is 0.258 e. The van der Waals surface area contributed by atoms with Gasteiger partial charge in [0.15, 0.2) is 0 Å². The minimum absolute atomic E-state index is 0.105. The number of hydrogen-bond acceptors (Lipinski definition) is 3. The van der Waals surface area contributed by atoms with Gasteiger partial charge in [-0.05, 0) is 61.9 Å². The van der Waals surface area contributed by atoms with Crippen molar-refractivity contribution in [3.05, 3.63) is 64.1 Å². The summed E-state index contributed by atoms with van der Waals surface area (Å²) >= 11 is 0. The van der Waals surface area contributed by atoms with Crippen LogP contribution in [0.4, 0.5) is 5.82 Å². The molecule has 142 valence electrons. The molecule has 0 spiro atoms. The number of nitrogens with zero attached hydrogens (tertiary/aromatic N) is 2. The van der Waals surface area contributed by atoms with Crippen molar-refractivity contribution in [3.63, 3.8) is 0 Å². The number of nitrogens with one attached hydrogen (secondary N) is 2. The second-order valence-corrected chi connectivity index (χ2v) is 7.92. The number of aryl methyl sites for hydroxylation is 2. The third kappa shape index (κ3) is 2.78. The van der Waals surface area contributed by atoms with Gasteiger partial charge in [0.1, 0.15) is 17.2 Å². The van der Waals surface area contributed by atoms with Gasteiger partial charge in [0.25, 0.3) is 5.56 Å². The number of rotatable bonds is 3. The summed E-state index contributed by atoms with van der Waals surface area (Å²) in [7, 11) is 0. The van der Waals surface area contributed by atoms with Crippen LogP contribution in [0.15, 0.2) is 47.4 Å². The zero-order valence-corrected chi connectivity index (χ0v) is 16.2. The van der Waals surface area contributed by atoms with Crippen molar-refractivity contribution in [3.8, 4) is 11.3 Å². The second-order valence-electron chi connectivity index (χ2n) is 7.92. The predicted octanol–water partition coefficient (Wildman–Crippen LogP) is 4.81. The zero-order valence-electron chi connectivity index (χ0n) is 16.2. The summed E-state index contributed by atoms with van der Waals surface area (Å²) in [5.74, 6) is 0.920. The van der Waals surface area contributed by atoms with E-state index in [1.807, 2.05) is 30.5 Å². The lowest BCUT2D eigenvalue weighted by Gasteiger charge is -2.15. The molecular formula is C23H24N4O. The SMILES string of the molecule is Cc1ccc2[nH]c(=O)c(-c3nc4c(C)cccn4c3NC3CCCC3)cc2c1. The van der Waals surface area contributed by atoms with Crippen LogP contribution in [0.25, 0.3) is 27.8 Å². The molecule has 5 heteroatoms. The van der Waals surface area contributed by atoms with Crippen LogP contribution in [0, 0.1) is 13.8 Å². The molecule has 0 bridgehead atoms. The summed E-state index contributed by atoms with van der Waals surface area (Å²) in [5, 5.41) is 4.72. The fourth-order valence-corrected chi connectivity index (χ4v) is 4.30. The highest BCUT2D eigenvalue weighted by Crippen LogP contribution is 2.32. The molecule has 0 aliphatic heterocycles. The lowest BCUT2D eigenvalue weighted by molar-refractivity contribution is 0.749. The normalized spacial score (nSPS) is 14.9. The number of aromatic nitrogens is 3. The molecule has 5 nitrogen and oxygen atoms in total. The Bertz CT molecular complexity index is 1240. The van der Waals surface area contributed by atoms with E-state index in [0.29, 0.717) is 11.6 Å². The summed E-state index contributed by atoms with van der Waals surface area (Å²) in [5.41, 5.74) is 5.24. The average molecular weight is 372 g/mol. The van der Waals surface area contributed by atoms with Crippen molar-refractivity contribution >= 4 is 22.4 Å². The van der Waals surface area contributed by atoms with Gasteiger partial charge in [-0.1, -0.05) is 30.5 Å². The Hall–Kier alpha value is -3.08. The van der Waals surface area contributed by atoms with Crippen LogP contribution in [-0.4, -0.2) is 20.4 Å². The van der Waals surface area contributed by atoms with Gasteiger partial charge in [-0.2, -0.15) is 0 Å². The third-order valence-corrected chi connectivity index (χ3v) is 5.80. The van der Waals surface area contributed by atoms with E-state index >= 15 is 0 Å². The molecule has 0 radical (unpaired) electrons. The molecule has 3 heterocycles. The van der Waals surface area contributed by atoms with Crippen molar-refractivity contribution in [2.24, 2.45) is 0 Å². The van der Waals surface area contributed by atoms with Crippen LogP contribution < -0.4 is 10.9 Å². The summed E-state index contributed by atoms with van der Waals surface area (Å²) in [4.78, 5) is 20.9. The van der Waals surface area contributed by atoms with Gasteiger partial charge in [-0.3, -0.25) is 9.20 Å². The number of pyridine rings is 2. The minimum Gasteiger partial charge on any atom is -0.367 e. The average Bonchev–Trinajstić information content (AvgIpc) is 3.31. The maximum absolute atomic E-state index is 12.9. The predicted molar refractivity (Wildman–Crippen MR) is 114 cm³/mol. The first kappa shape index (κ1) is 17.0. The minimum atomic E-state index is -0.105. The van der Waals surface area contributed by atoms with E-state index in [2.05, 4.69) is 40.7 Å². The van der Waals surface area contributed by atoms with Gasteiger partial charge in [0, 0.05) is 17.8 Å². The molecule has 4 aromatic rings. The van der Waals surface area contributed by atoms with Gasteiger partial charge in [-0.25, -0.2) is 4.98 Å². The molecule has 0 atom stereocenters. The fourth-order valence-electron chi connectivity index (χ4n) is 4.30. The molecule has 0 unspecified atom stereocenters. The first-order valence-electron chi connectivity index (χ1n) is 9.98. The summed E-state index contributed by atoms with van der Waals surface area (Å²) in [6.07, 6.45) is 6.84. The monoisotopic (exact) mass is 372 g/mol. The Morgan fingerprint density at radius 3 is 2.79 bits per heavy atom. The molecule has 1 saturated carbocycles. The van der Waals surface area contributed by atoms with Crippen molar-refractivity contribution in [1.82, 2.24) is 14.4 Å². The summed E-state index contributed by atoms with van der Waals surface area (Å²) in [6.45, 7) is 4.12. The number of anilines is 1. The van der Waals surface area contributed by atoms with Crippen LogP contribution in [0.5, 0.6) is 0 Å². The highest BCUT2D eigenvalue weighted by Gasteiger charge is 2.22. The van der Waals surface area contributed by atoms with Crippen LogP contribution in [0.2, 0.25) is 0 Å². The lowest BCUT2D eigenvalue weighted by atomic mass is 10.1. The van der Waals surface area contributed by atoms with Crippen molar-refractivity contribution < 1.29 is 0 Å². The van der Waals surface area contributed by atoms with E-state index in [1.54, 1.807) is 0 Å². The van der Waals surface area contributed by atoms with Gasteiger partial charge in [-0.15, -0.1) is 0 Å². The Morgan fingerprint density at radius 2 is 1.96 bits per heavy atom. The van der Waals surface area contributed by atoms with E-state index in [9.17, 15) is 4.79 Å². The summed E-state index contributed by atoms with van der Waals surface area (Å²) in [6, 6.07) is 12.6. The first-order valence-corrected chi connectivity index (χ1v) is 9.98. The third-order valence-electron chi connectivity index (χ3n) is 5.80. The van der Waals surface area contributed by atoms with E-state index in [4.69, 9.17) is 4.98 Å². The molecule has 5 rings (SSSR count). The number of hydrogen-bond donors (Lipinski definition) is 2. The van der Waals surface area contributed by atoms with Crippen LogP contribution in [0.1, 0.15) is 36.8 Å². The highest BCUT2D eigenvalue weighted by molar-refractivity contribution is 5.86. The quantitative estimate of drug-likeness (QED) is 0.542. The molecule has 1 fully saturated rings. The topological polar surface area (TPSA) is 62.2 Å². The molecule has 3 aromatic heterocycles. The maximum atomic E-state index is 12.9. The van der Waals surface area contributed by atoms with E-state index < -0.39 is 0 Å². The molecule has 28 heavy (non-hydrogen) atoms. The Labute approximate surface area is 163 Å². The van der Waals surface area contributed by atoms with Crippen molar-refractivity contribution in [2.45, 2.75) is 45.6 Å². The molecule has 2 N–H and O–H groups in total.